The van der Waals surface area contributed by atoms with E-state index in [2.05, 4.69) is 48.6 Å². The summed E-state index contributed by atoms with van der Waals surface area (Å²) < 4.78 is 27.6. The molecule has 4 aromatic rings. The van der Waals surface area contributed by atoms with Crippen LogP contribution in [0, 0.1) is 0 Å². The molecule has 6 nitrogen and oxygen atoms in total. The molecule has 0 saturated heterocycles. The van der Waals surface area contributed by atoms with Gasteiger partial charge in [-0.25, -0.2) is 13.4 Å². The van der Waals surface area contributed by atoms with Gasteiger partial charge >= 0.3 is 0 Å². The van der Waals surface area contributed by atoms with Gasteiger partial charge in [0.25, 0.3) is 5.91 Å². The number of benzene rings is 3. The molecule has 0 aliphatic rings. The van der Waals surface area contributed by atoms with Crippen LogP contribution in [0.25, 0.3) is 22.4 Å². The summed E-state index contributed by atoms with van der Waals surface area (Å²) in [6.45, 7) is 6.99. The minimum absolute atomic E-state index is 0.196. The second-order valence-electron chi connectivity index (χ2n) is 9.37. The normalized spacial score (nSPS) is 11.6. The lowest BCUT2D eigenvalue weighted by Gasteiger charge is -2.21. The van der Waals surface area contributed by atoms with Crippen molar-refractivity contribution in [2.45, 2.75) is 51.3 Å². The van der Waals surface area contributed by atoms with E-state index in [9.17, 15) is 13.2 Å². The molecule has 204 valence electrons. The zero-order valence-corrected chi connectivity index (χ0v) is 24.3. The molecule has 0 atom stereocenters. The molecule has 1 amide bonds. The number of anilines is 1. The van der Waals surface area contributed by atoms with Crippen LogP contribution in [-0.2, 0) is 16.4 Å². The first kappa shape index (κ1) is 28.7. The second kappa shape index (κ2) is 13.2. The van der Waals surface area contributed by atoms with Gasteiger partial charge in [0.15, 0.2) is 5.13 Å². The Morgan fingerprint density at radius 3 is 1.97 bits per heavy atom. The van der Waals surface area contributed by atoms with Crippen LogP contribution in [0.4, 0.5) is 5.13 Å². The number of aromatic nitrogens is 1. The lowest BCUT2D eigenvalue weighted by molar-refractivity contribution is 0.102. The predicted molar refractivity (Wildman–Crippen MR) is 161 cm³/mol. The fourth-order valence-electron chi connectivity index (χ4n) is 4.43. The largest absolute Gasteiger partial charge is 0.298 e. The number of aryl methyl sites for hydroxylation is 1. The molecule has 0 fully saturated rings. The molecular formula is C31H35N3O3S2. The molecule has 0 spiro atoms. The van der Waals surface area contributed by atoms with E-state index >= 15 is 0 Å². The first-order valence-corrected chi connectivity index (χ1v) is 15.7. The number of hydrogen-bond acceptors (Lipinski definition) is 5. The van der Waals surface area contributed by atoms with E-state index in [1.807, 2.05) is 32.0 Å². The van der Waals surface area contributed by atoms with Crippen LogP contribution in [-0.4, -0.2) is 36.7 Å². The SMILES string of the molecule is CCCc1sc(NC(=O)c2ccc(S(=O)(=O)N(CCC)CCC)cc2)nc1-c1ccc(-c2ccccc2)cc1. The zero-order chi connectivity index (χ0) is 27.8. The molecule has 0 aliphatic carbocycles. The van der Waals surface area contributed by atoms with Crippen molar-refractivity contribution < 1.29 is 13.2 Å². The number of carbonyl (C=O) groups is 1. The quantitative estimate of drug-likeness (QED) is 0.194. The number of nitrogens with one attached hydrogen (secondary N) is 1. The fourth-order valence-corrected chi connectivity index (χ4v) is 7.13. The van der Waals surface area contributed by atoms with E-state index in [1.54, 1.807) is 12.1 Å². The highest BCUT2D eigenvalue weighted by Gasteiger charge is 2.23. The summed E-state index contributed by atoms with van der Waals surface area (Å²) >= 11 is 1.48. The van der Waals surface area contributed by atoms with Crippen molar-refractivity contribution in [3.05, 3.63) is 89.3 Å². The van der Waals surface area contributed by atoms with Gasteiger partial charge in [-0.3, -0.25) is 10.1 Å². The number of sulfonamides is 1. The van der Waals surface area contributed by atoms with Crippen molar-refractivity contribution >= 4 is 32.4 Å². The average Bonchev–Trinajstić information content (AvgIpc) is 3.35. The Balaban J connectivity index is 1.52. The Morgan fingerprint density at radius 1 is 0.795 bits per heavy atom. The third kappa shape index (κ3) is 6.82. The lowest BCUT2D eigenvalue weighted by Crippen LogP contribution is -2.32. The molecule has 39 heavy (non-hydrogen) atoms. The van der Waals surface area contributed by atoms with Gasteiger partial charge in [0.1, 0.15) is 0 Å². The topological polar surface area (TPSA) is 79.4 Å². The monoisotopic (exact) mass is 561 g/mol. The standard InChI is InChI=1S/C31H35N3O3S2/c1-4-10-28-29(25-15-13-24(14-16-25)23-11-8-7-9-12-23)32-31(38-28)33-30(35)26-17-19-27(20-18-26)39(36,37)34(21-5-2)22-6-3/h7-9,11-20H,4-6,10,21-22H2,1-3H3,(H,32,33,35). The maximum atomic E-state index is 13.0. The second-order valence-corrected chi connectivity index (χ2v) is 12.4. The molecule has 3 aromatic carbocycles. The fraction of sp³-hybridized carbons (Fsp3) is 0.290. The van der Waals surface area contributed by atoms with E-state index in [0.717, 1.165) is 52.9 Å². The summed E-state index contributed by atoms with van der Waals surface area (Å²) in [5.41, 5.74) is 4.57. The molecule has 8 heteroatoms. The van der Waals surface area contributed by atoms with Gasteiger partial charge < -0.3 is 0 Å². The van der Waals surface area contributed by atoms with Crippen molar-refractivity contribution in [2.75, 3.05) is 18.4 Å². The molecule has 0 bridgehead atoms. The van der Waals surface area contributed by atoms with Gasteiger partial charge in [-0.2, -0.15) is 4.31 Å². The van der Waals surface area contributed by atoms with Crippen molar-refractivity contribution in [1.82, 2.24) is 9.29 Å². The van der Waals surface area contributed by atoms with Crippen LogP contribution in [0.1, 0.15) is 55.3 Å². The highest BCUT2D eigenvalue weighted by Crippen LogP contribution is 2.33. The molecule has 0 unspecified atom stereocenters. The van der Waals surface area contributed by atoms with E-state index < -0.39 is 10.0 Å². The molecule has 1 aromatic heterocycles. The Bertz CT molecular complexity index is 1470. The van der Waals surface area contributed by atoms with E-state index in [-0.39, 0.29) is 10.8 Å². The molecular weight excluding hydrogens is 526 g/mol. The van der Waals surface area contributed by atoms with Crippen LogP contribution in [0.3, 0.4) is 0 Å². The van der Waals surface area contributed by atoms with Crippen molar-refractivity contribution in [3.63, 3.8) is 0 Å². The number of nitrogens with zero attached hydrogens (tertiary/aromatic N) is 2. The summed E-state index contributed by atoms with van der Waals surface area (Å²) in [6.07, 6.45) is 3.31. The minimum Gasteiger partial charge on any atom is -0.298 e. The maximum Gasteiger partial charge on any atom is 0.257 e. The molecule has 0 aliphatic heterocycles. The van der Waals surface area contributed by atoms with Crippen molar-refractivity contribution in [3.8, 4) is 22.4 Å². The van der Waals surface area contributed by atoms with Gasteiger partial charge in [-0.05, 0) is 54.7 Å². The number of amides is 1. The lowest BCUT2D eigenvalue weighted by atomic mass is 10.0. The van der Waals surface area contributed by atoms with Crippen LogP contribution in [0.5, 0.6) is 0 Å². The van der Waals surface area contributed by atoms with Crippen molar-refractivity contribution in [2.24, 2.45) is 0 Å². The predicted octanol–water partition coefficient (Wildman–Crippen LogP) is 7.49. The van der Waals surface area contributed by atoms with E-state index in [0.29, 0.717) is 23.8 Å². The number of thiazole rings is 1. The van der Waals surface area contributed by atoms with Gasteiger partial charge in [0.05, 0.1) is 10.6 Å². The van der Waals surface area contributed by atoms with Gasteiger partial charge in [0.2, 0.25) is 10.0 Å². The first-order valence-electron chi connectivity index (χ1n) is 13.4. The van der Waals surface area contributed by atoms with E-state index in [1.165, 1.54) is 27.8 Å². The number of hydrogen-bond donors (Lipinski definition) is 1. The van der Waals surface area contributed by atoms with Crippen molar-refractivity contribution in [1.29, 1.82) is 0 Å². The molecule has 0 radical (unpaired) electrons. The van der Waals surface area contributed by atoms with Crippen LogP contribution in [0.15, 0.2) is 83.8 Å². The maximum absolute atomic E-state index is 13.0. The molecule has 0 saturated carbocycles. The number of carbonyl (C=O) groups excluding carboxylic acids is 1. The van der Waals surface area contributed by atoms with E-state index in [4.69, 9.17) is 4.98 Å². The summed E-state index contributed by atoms with van der Waals surface area (Å²) in [5, 5.41) is 3.44. The zero-order valence-electron chi connectivity index (χ0n) is 22.7. The Morgan fingerprint density at radius 2 is 1.38 bits per heavy atom. The summed E-state index contributed by atoms with van der Waals surface area (Å²) in [4.78, 5) is 19.1. The van der Waals surface area contributed by atoms with Gasteiger partial charge in [-0.15, -0.1) is 11.3 Å². The Hall–Kier alpha value is -3.33. The summed E-state index contributed by atoms with van der Waals surface area (Å²) in [6, 6.07) is 24.7. The third-order valence-corrected chi connectivity index (χ3v) is 9.30. The minimum atomic E-state index is -3.60. The van der Waals surface area contributed by atoms with Gasteiger partial charge in [-0.1, -0.05) is 81.8 Å². The summed E-state index contributed by atoms with van der Waals surface area (Å²) in [5.74, 6) is -0.319. The highest BCUT2D eigenvalue weighted by molar-refractivity contribution is 7.89. The third-order valence-electron chi connectivity index (χ3n) is 6.36. The van der Waals surface area contributed by atoms with Crippen LogP contribution >= 0.6 is 11.3 Å². The molecule has 1 heterocycles. The van der Waals surface area contributed by atoms with Crippen LogP contribution in [0.2, 0.25) is 0 Å². The molecule has 4 rings (SSSR count). The first-order chi connectivity index (χ1) is 18.9. The highest BCUT2D eigenvalue weighted by atomic mass is 32.2. The van der Waals surface area contributed by atoms with Gasteiger partial charge in [0, 0.05) is 29.1 Å². The molecule has 1 N–H and O–H groups in total. The average molecular weight is 562 g/mol. The van der Waals surface area contributed by atoms with Crippen LogP contribution < -0.4 is 5.32 Å². The number of rotatable bonds is 12. The Labute approximate surface area is 235 Å². The summed E-state index contributed by atoms with van der Waals surface area (Å²) in [7, 11) is -3.60. The smallest absolute Gasteiger partial charge is 0.257 e. The Kier molecular flexibility index (Phi) is 9.67.